The summed E-state index contributed by atoms with van der Waals surface area (Å²) in [4.78, 5) is 4.10. The van der Waals surface area contributed by atoms with Crippen molar-refractivity contribution in [2.75, 3.05) is 33.7 Å². The quantitative estimate of drug-likeness (QED) is 0.437. The van der Waals surface area contributed by atoms with Crippen LogP contribution in [-0.2, 0) is 0 Å². The molecule has 0 aromatic heterocycles. The number of hydrogen-bond donors (Lipinski definition) is 0. The molecular weight excluding hydrogens is 260 g/mol. The van der Waals surface area contributed by atoms with E-state index >= 15 is 0 Å². The average molecular weight is 285 g/mol. The Hall–Kier alpha value is -1.96. The first-order valence-electron chi connectivity index (χ1n) is 7.30. The Morgan fingerprint density at radius 1 is 1.14 bits per heavy atom. The molecule has 0 aliphatic heterocycles. The third-order valence-electron chi connectivity index (χ3n) is 3.47. The molecule has 0 heterocycles. The molecule has 1 rings (SSSR count). The Morgan fingerprint density at radius 2 is 1.71 bits per heavy atom. The molecule has 0 saturated heterocycles. The van der Waals surface area contributed by atoms with Gasteiger partial charge >= 0.3 is 0 Å². The number of hydrogen-bond acceptors (Lipinski definition) is 3. The minimum atomic E-state index is 0.0129. The monoisotopic (exact) mass is 285 g/mol. The third-order valence-corrected chi connectivity index (χ3v) is 3.47. The highest BCUT2D eigenvalue weighted by atomic mass is 16.3. The van der Waals surface area contributed by atoms with E-state index in [-0.39, 0.29) is 5.76 Å². The second-order valence-electron chi connectivity index (χ2n) is 5.05. The smallest absolute Gasteiger partial charge is 0.0411 e. The Morgan fingerprint density at radius 3 is 2.14 bits per heavy atom. The lowest BCUT2D eigenvalue weighted by atomic mass is 10.1. The Kier molecular flexibility index (Phi) is 6.80. The zero-order valence-corrected chi connectivity index (χ0v) is 13.5. The molecule has 3 nitrogen and oxygen atoms in total. The van der Waals surface area contributed by atoms with Gasteiger partial charge < -0.3 is 10.0 Å². The van der Waals surface area contributed by atoms with Crippen LogP contribution in [0.4, 0.5) is 0 Å². The van der Waals surface area contributed by atoms with Crippen molar-refractivity contribution >= 4 is 5.76 Å². The summed E-state index contributed by atoms with van der Waals surface area (Å²) >= 11 is 0. The molecule has 1 aromatic rings. The predicted molar refractivity (Wildman–Crippen MR) is 87.5 cm³/mol. The first-order chi connectivity index (χ1) is 10.0. The number of nitrogens with zero attached hydrogens (tertiary/aromatic N) is 2. The summed E-state index contributed by atoms with van der Waals surface area (Å²) in [6.07, 6.45) is 0. The van der Waals surface area contributed by atoms with Crippen LogP contribution in [0.1, 0.15) is 19.4 Å². The summed E-state index contributed by atoms with van der Waals surface area (Å²) in [5.41, 5.74) is 5.15. The molecule has 0 atom stereocenters. The van der Waals surface area contributed by atoms with Gasteiger partial charge in [0.1, 0.15) is 0 Å². The first kappa shape index (κ1) is 17.1. The van der Waals surface area contributed by atoms with Crippen LogP contribution >= 0.6 is 0 Å². The van der Waals surface area contributed by atoms with Crippen LogP contribution in [-0.4, -0.2) is 43.5 Å². The summed E-state index contributed by atoms with van der Waals surface area (Å²) < 4.78 is 0. The molecule has 0 N–H and O–H groups in total. The van der Waals surface area contributed by atoms with Crippen LogP contribution in [0, 0.1) is 0 Å². The van der Waals surface area contributed by atoms with Crippen molar-refractivity contribution in [2.24, 2.45) is 0 Å². The fourth-order valence-corrected chi connectivity index (χ4v) is 2.22. The first-order valence-corrected chi connectivity index (χ1v) is 7.30. The number of rotatable bonds is 7. The van der Waals surface area contributed by atoms with E-state index in [4.69, 9.17) is 0 Å². The average Bonchev–Trinajstić information content (AvgIpc) is 2.51. The summed E-state index contributed by atoms with van der Waals surface area (Å²) in [5, 5.41) is 12.8. The van der Waals surface area contributed by atoms with Gasteiger partial charge in [0.2, 0.25) is 0 Å². The highest BCUT2D eigenvalue weighted by molar-refractivity contribution is 5.64. The van der Waals surface area contributed by atoms with Gasteiger partial charge in [-0.3, -0.25) is 4.90 Å². The Bertz CT molecular complexity index is 521. The van der Waals surface area contributed by atoms with Crippen LogP contribution in [0.25, 0.3) is 5.76 Å². The molecule has 0 bridgehead atoms. The van der Waals surface area contributed by atoms with Crippen molar-refractivity contribution in [3.63, 3.8) is 0 Å². The molecule has 0 amide bonds. The highest BCUT2D eigenvalue weighted by Crippen LogP contribution is 2.21. The summed E-state index contributed by atoms with van der Waals surface area (Å²) in [5.74, 6) is 0.0129. The summed E-state index contributed by atoms with van der Waals surface area (Å²) in [6, 6.07) is 9.34. The standard InChI is InChI=1S/C18H26N2O/c1-6-15(14-20(7-2)8-3)17(19(4)5)18(21)16-12-10-9-11-13-16/h9-13,21H,1,7-8,14H2,2-5H3/p-1/b18-17+. The maximum Gasteiger partial charge on any atom is 0.0411 e. The molecule has 114 valence electrons. The molecule has 0 saturated carbocycles. The van der Waals surface area contributed by atoms with E-state index in [9.17, 15) is 5.11 Å². The second-order valence-corrected chi connectivity index (χ2v) is 5.05. The lowest BCUT2D eigenvalue weighted by Gasteiger charge is -2.29. The van der Waals surface area contributed by atoms with Gasteiger partial charge in [0.25, 0.3) is 0 Å². The van der Waals surface area contributed by atoms with Gasteiger partial charge in [-0.1, -0.05) is 56.5 Å². The summed E-state index contributed by atoms with van der Waals surface area (Å²) in [6.45, 7) is 10.5. The minimum Gasteiger partial charge on any atom is -0.871 e. The van der Waals surface area contributed by atoms with Crippen LogP contribution in [0.3, 0.4) is 0 Å². The molecule has 0 unspecified atom stereocenters. The van der Waals surface area contributed by atoms with Gasteiger partial charge in [0.15, 0.2) is 0 Å². The van der Waals surface area contributed by atoms with Crippen molar-refractivity contribution in [1.82, 2.24) is 9.80 Å². The maximum absolute atomic E-state index is 12.8. The maximum atomic E-state index is 12.8. The van der Waals surface area contributed by atoms with E-state index in [2.05, 4.69) is 31.1 Å². The molecule has 1 aromatic carbocycles. The zero-order valence-electron chi connectivity index (χ0n) is 13.5. The largest absolute Gasteiger partial charge is 0.871 e. The number of benzene rings is 1. The van der Waals surface area contributed by atoms with Crippen molar-refractivity contribution < 1.29 is 5.11 Å². The predicted octanol–water partition coefficient (Wildman–Crippen LogP) is 2.33. The van der Waals surface area contributed by atoms with Crippen molar-refractivity contribution in [2.45, 2.75) is 13.8 Å². The fourth-order valence-electron chi connectivity index (χ4n) is 2.22. The van der Waals surface area contributed by atoms with Gasteiger partial charge in [-0.25, -0.2) is 0 Å². The van der Waals surface area contributed by atoms with Crippen molar-refractivity contribution in [3.05, 3.63) is 59.5 Å². The van der Waals surface area contributed by atoms with E-state index < -0.39 is 0 Å². The van der Waals surface area contributed by atoms with E-state index in [1.807, 2.05) is 49.3 Å². The van der Waals surface area contributed by atoms with Crippen molar-refractivity contribution in [3.8, 4) is 0 Å². The van der Waals surface area contributed by atoms with Crippen molar-refractivity contribution in [1.29, 1.82) is 0 Å². The Labute approximate surface area is 128 Å². The Balaban J connectivity index is 3.25. The zero-order chi connectivity index (χ0) is 15.8. The van der Waals surface area contributed by atoms with Crippen LogP contribution in [0.15, 0.2) is 53.9 Å². The van der Waals surface area contributed by atoms with Gasteiger partial charge in [0.05, 0.1) is 0 Å². The van der Waals surface area contributed by atoms with Gasteiger partial charge in [-0.15, -0.1) is 5.73 Å². The third kappa shape index (κ3) is 4.52. The topological polar surface area (TPSA) is 29.5 Å². The van der Waals surface area contributed by atoms with Crippen LogP contribution in [0.5, 0.6) is 0 Å². The molecule has 0 spiro atoms. The second kappa shape index (κ2) is 8.35. The molecule has 0 fully saturated rings. The van der Waals surface area contributed by atoms with Crippen LogP contribution in [0.2, 0.25) is 0 Å². The lowest BCUT2D eigenvalue weighted by molar-refractivity contribution is -0.245. The van der Waals surface area contributed by atoms with Gasteiger partial charge in [-0.2, -0.15) is 0 Å². The molecule has 21 heavy (non-hydrogen) atoms. The van der Waals surface area contributed by atoms with E-state index in [0.29, 0.717) is 17.8 Å². The van der Waals surface area contributed by atoms with E-state index in [0.717, 1.165) is 18.7 Å². The van der Waals surface area contributed by atoms with E-state index in [1.54, 1.807) is 0 Å². The van der Waals surface area contributed by atoms with Crippen LogP contribution < -0.4 is 5.11 Å². The normalized spacial score (nSPS) is 11.9. The molecule has 3 heteroatoms. The van der Waals surface area contributed by atoms with Gasteiger partial charge in [0, 0.05) is 31.9 Å². The molecule has 0 aliphatic carbocycles. The molecule has 0 radical (unpaired) electrons. The highest BCUT2D eigenvalue weighted by Gasteiger charge is 2.12. The SMILES string of the molecule is C=C=C(CN(CC)CC)/C(=C(\[O-])c1ccccc1)N(C)C. The lowest BCUT2D eigenvalue weighted by Crippen LogP contribution is -2.29. The minimum absolute atomic E-state index is 0.0129. The molecular formula is C18H25N2O-. The van der Waals surface area contributed by atoms with E-state index in [1.165, 1.54) is 0 Å². The molecule has 0 aliphatic rings. The number of likely N-dealkylation sites (N-methyl/N-ethyl adjacent to an activating group) is 2. The fraction of sp³-hybridized carbons (Fsp3) is 0.389. The summed E-state index contributed by atoms with van der Waals surface area (Å²) in [7, 11) is 3.77. The van der Waals surface area contributed by atoms with Gasteiger partial charge in [-0.05, 0) is 18.7 Å².